The number of nitrogens with zero attached hydrogens (tertiary/aromatic N) is 3. The number of carbonyl (C=O) groups is 1. The molecular weight excluding hydrogens is 266 g/mol. The van der Waals surface area contributed by atoms with Crippen molar-refractivity contribution in [2.24, 2.45) is 0 Å². The van der Waals surface area contributed by atoms with Crippen LogP contribution in [-0.4, -0.2) is 59.9 Å². The number of hydrogen-bond acceptors (Lipinski definition) is 4. The summed E-state index contributed by atoms with van der Waals surface area (Å²) in [6, 6.07) is 2.67. The van der Waals surface area contributed by atoms with E-state index in [9.17, 15) is 4.79 Å². The lowest BCUT2D eigenvalue weighted by Crippen LogP contribution is -2.38. The predicted octanol–water partition coefficient (Wildman–Crippen LogP) is 0.632. The van der Waals surface area contributed by atoms with E-state index in [0.717, 1.165) is 26.1 Å². The molecular formula is C15H25N5O. The zero-order chi connectivity index (χ0) is 14.7. The van der Waals surface area contributed by atoms with Crippen LogP contribution in [0, 0.1) is 0 Å². The lowest BCUT2D eigenvalue weighted by molar-refractivity contribution is 0.0937. The van der Waals surface area contributed by atoms with Gasteiger partial charge in [-0.3, -0.25) is 9.48 Å². The normalized spacial score (nSPS) is 26.9. The second-order valence-electron chi connectivity index (χ2n) is 6.17. The molecule has 0 bridgehead atoms. The lowest BCUT2D eigenvalue weighted by atomic mass is 10.1. The van der Waals surface area contributed by atoms with Crippen molar-refractivity contribution in [2.75, 3.05) is 33.2 Å². The minimum absolute atomic E-state index is 0.0576. The van der Waals surface area contributed by atoms with E-state index in [2.05, 4.69) is 27.7 Å². The fourth-order valence-electron chi connectivity index (χ4n) is 3.26. The molecule has 0 radical (unpaired) electrons. The summed E-state index contributed by atoms with van der Waals surface area (Å²) in [5.74, 6) is -0.0576. The van der Waals surface area contributed by atoms with Gasteiger partial charge in [-0.15, -0.1) is 0 Å². The molecule has 2 aliphatic heterocycles. The quantitative estimate of drug-likeness (QED) is 0.854. The highest BCUT2D eigenvalue weighted by Crippen LogP contribution is 2.16. The Hall–Kier alpha value is -1.40. The van der Waals surface area contributed by atoms with E-state index in [1.54, 1.807) is 0 Å². The van der Waals surface area contributed by atoms with Crippen molar-refractivity contribution in [3.05, 3.63) is 18.0 Å². The van der Waals surface area contributed by atoms with E-state index in [4.69, 9.17) is 0 Å². The van der Waals surface area contributed by atoms with E-state index < -0.39 is 0 Å². The second-order valence-corrected chi connectivity index (χ2v) is 6.17. The molecule has 0 saturated carbocycles. The van der Waals surface area contributed by atoms with Crippen LogP contribution in [0.5, 0.6) is 0 Å². The van der Waals surface area contributed by atoms with Crippen LogP contribution < -0.4 is 10.6 Å². The van der Waals surface area contributed by atoms with Gasteiger partial charge >= 0.3 is 0 Å². The highest BCUT2D eigenvalue weighted by Gasteiger charge is 2.22. The molecule has 0 aliphatic carbocycles. The fraction of sp³-hybridized carbons (Fsp3) is 0.733. The third kappa shape index (κ3) is 3.44. The zero-order valence-electron chi connectivity index (χ0n) is 12.7. The van der Waals surface area contributed by atoms with Gasteiger partial charge in [-0.05, 0) is 51.9 Å². The minimum atomic E-state index is -0.0576. The van der Waals surface area contributed by atoms with Gasteiger partial charge < -0.3 is 15.5 Å². The predicted molar refractivity (Wildman–Crippen MR) is 81.4 cm³/mol. The third-order valence-corrected chi connectivity index (χ3v) is 4.66. The Morgan fingerprint density at radius 1 is 1.48 bits per heavy atom. The second kappa shape index (κ2) is 6.58. The van der Waals surface area contributed by atoms with Crippen molar-refractivity contribution in [1.82, 2.24) is 25.3 Å². The number of piperidine rings is 1. The van der Waals surface area contributed by atoms with Crippen molar-refractivity contribution < 1.29 is 4.79 Å². The first-order valence-electron chi connectivity index (χ1n) is 7.98. The first-order valence-corrected chi connectivity index (χ1v) is 7.98. The zero-order valence-corrected chi connectivity index (χ0v) is 12.7. The lowest BCUT2D eigenvalue weighted by Gasteiger charge is -2.23. The van der Waals surface area contributed by atoms with Crippen molar-refractivity contribution in [1.29, 1.82) is 0 Å². The monoisotopic (exact) mass is 291 g/mol. The van der Waals surface area contributed by atoms with Crippen molar-refractivity contribution >= 4 is 5.91 Å². The summed E-state index contributed by atoms with van der Waals surface area (Å²) in [6.45, 7) is 3.87. The Kier molecular flexibility index (Phi) is 4.55. The Morgan fingerprint density at radius 3 is 3.10 bits per heavy atom. The fourth-order valence-corrected chi connectivity index (χ4v) is 3.26. The number of hydrogen-bond donors (Lipinski definition) is 2. The van der Waals surface area contributed by atoms with E-state index >= 15 is 0 Å². The first kappa shape index (κ1) is 14.5. The number of aromatic nitrogens is 2. The van der Waals surface area contributed by atoms with Crippen LogP contribution in [0.15, 0.2) is 12.3 Å². The van der Waals surface area contributed by atoms with Crippen LogP contribution in [0.4, 0.5) is 0 Å². The number of nitrogens with one attached hydrogen (secondary N) is 2. The number of carbonyl (C=O) groups excluding carboxylic acids is 1. The standard InChI is InChI=1S/C15H25N5O/c1-19-8-3-5-12(19)11-17-15(21)14-6-9-20(18-14)13-4-2-7-16-10-13/h6,9,12-13,16H,2-5,7-8,10-11H2,1H3,(H,17,21). The van der Waals surface area contributed by atoms with Crippen LogP contribution in [0.25, 0.3) is 0 Å². The largest absolute Gasteiger partial charge is 0.349 e. The Balaban J connectivity index is 1.53. The average molecular weight is 291 g/mol. The maximum Gasteiger partial charge on any atom is 0.271 e. The van der Waals surface area contributed by atoms with Gasteiger partial charge in [0, 0.05) is 25.3 Å². The molecule has 2 saturated heterocycles. The Morgan fingerprint density at radius 2 is 2.38 bits per heavy atom. The number of likely N-dealkylation sites (N-methyl/N-ethyl adjacent to an activating group) is 1. The molecule has 0 spiro atoms. The molecule has 2 aliphatic rings. The molecule has 3 rings (SSSR count). The molecule has 2 N–H and O–H groups in total. The number of likely N-dealkylation sites (tertiary alicyclic amines) is 1. The molecule has 2 fully saturated rings. The number of amides is 1. The van der Waals surface area contributed by atoms with Gasteiger partial charge in [0.1, 0.15) is 5.69 Å². The molecule has 0 aromatic carbocycles. The summed E-state index contributed by atoms with van der Waals surface area (Å²) in [5.41, 5.74) is 0.529. The molecule has 21 heavy (non-hydrogen) atoms. The molecule has 1 aromatic rings. The summed E-state index contributed by atoms with van der Waals surface area (Å²) in [5, 5.41) is 10.8. The van der Waals surface area contributed by atoms with Gasteiger partial charge in [0.25, 0.3) is 5.91 Å². The van der Waals surface area contributed by atoms with Gasteiger partial charge in [-0.2, -0.15) is 5.10 Å². The summed E-state index contributed by atoms with van der Waals surface area (Å²) < 4.78 is 1.93. The maximum absolute atomic E-state index is 12.2. The average Bonchev–Trinajstić information content (AvgIpc) is 3.15. The third-order valence-electron chi connectivity index (χ3n) is 4.66. The van der Waals surface area contributed by atoms with Crippen LogP contribution in [0.1, 0.15) is 42.2 Å². The van der Waals surface area contributed by atoms with Gasteiger partial charge in [-0.1, -0.05) is 0 Å². The van der Waals surface area contributed by atoms with Gasteiger partial charge in [0.05, 0.1) is 6.04 Å². The summed E-state index contributed by atoms with van der Waals surface area (Å²) in [7, 11) is 2.12. The van der Waals surface area contributed by atoms with Crippen molar-refractivity contribution in [3.8, 4) is 0 Å². The first-order chi connectivity index (χ1) is 10.2. The van der Waals surface area contributed by atoms with E-state index in [1.165, 1.54) is 19.3 Å². The van der Waals surface area contributed by atoms with E-state index in [0.29, 0.717) is 24.3 Å². The van der Waals surface area contributed by atoms with Gasteiger partial charge in [0.15, 0.2) is 0 Å². The molecule has 1 amide bonds. The molecule has 1 aromatic heterocycles. The van der Waals surface area contributed by atoms with Crippen LogP contribution in [-0.2, 0) is 0 Å². The van der Waals surface area contributed by atoms with Gasteiger partial charge in [0.2, 0.25) is 0 Å². The molecule has 6 nitrogen and oxygen atoms in total. The highest BCUT2D eigenvalue weighted by atomic mass is 16.1. The summed E-state index contributed by atoms with van der Waals surface area (Å²) >= 11 is 0. The SMILES string of the molecule is CN1CCCC1CNC(=O)c1ccn(C2CCCNC2)n1. The molecule has 2 atom stereocenters. The molecule has 2 unspecified atom stereocenters. The minimum Gasteiger partial charge on any atom is -0.349 e. The summed E-state index contributed by atoms with van der Waals surface area (Å²) in [4.78, 5) is 14.5. The Bertz CT molecular complexity index is 480. The molecule has 3 heterocycles. The highest BCUT2D eigenvalue weighted by molar-refractivity contribution is 5.92. The Labute approximate surface area is 125 Å². The molecule has 116 valence electrons. The summed E-state index contributed by atoms with van der Waals surface area (Å²) in [6.07, 6.45) is 6.61. The smallest absolute Gasteiger partial charge is 0.271 e. The van der Waals surface area contributed by atoms with E-state index in [1.807, 2.05) is 16.9 Å². The van der Waals surface area contributed by atoms with Crippen molar-refractivity contribution in [3.63, 3.8) is 0 Å². The molecule has 6 heteroatoms. The van der Waals surface area contributed by atoms with Crippen LogP contribution in [0.2, 0.25) is 0 Å². The maximum atomic E-state index is 12.2. The number of rotatable bonds is 4. The van der Waals surface area contributed by atoms with Gasteiger partial charge in [-0.25, -0.2) is 0 Å². The van der Waals surface area contributed by atoms with Crippen molar-refractivity contribution in [2.45, 2.75) is 37.8 Å². The van der Waals surface area contributed by atoms with Crippen LogP contribution in [0.3, 0.4) is 0 Å². The van der Waals surface area contributed by atoms with E-state index in [-0.39, 0.29) is 5.91 Å². The van der Waals surface area contributed by atoms with Crippen LogP contribution >= 0.6 is 0 Å². The topological polar surface area (TPSA) is 62.2 Å².